The number of carbonyl (C=O) groups is 2. The quantitative estimate of drug-likeness (QED) is 0.228. The highest BCUT2D eigenvalue weighted by molar-refractivity contribution is 6.01. The number of hydrogen-bond acceptors (Lipinski definition) is 4. The summed E-state index contributed by atoms with van der Waals surface area (Å²) in [5, 5.41) is 12.5. The third kappa shape index (κ3) is 5.44. The number of carbonyl (C=O) groups excluding carboxylic acids is 2. The molecule has 1 amide bonds. The normalized spacial score (nSPS) is 11.1. The zero-order valence-electron chi connectivity index (χ0n) is 20.0. The van der Waals surface area contributed by atoms with Crippen LogP contribution in [0.25, 0.3) is 11.8 Å². The van der Waals surface area contributed by atoms with E-state index < -0.39 is 5.97 Å². The summed E-state index contributed by atoms with van der Waals surface area (Å²) in [5.74, 6) is -0.776. The molecule has 0 radical (unpaired) electrons. The molecule has 0 fully saturated rings. The molecule has 0 unspecified atom stereocenters. The van der Waals surface area contributed by atoms with E-state index in [1.54, 1.807) is 12.1 Å². The van der Waals surface area contributed by atoms with Crippen molar-refractivity contribution in [3.05, 3.63) is 93.8 Å². The number of hydrogen-bond donors (Lipinski definition) is 1. The predicted molar refractivity (Wildman–Crippen MR) is 133 cm³/mol. The van der Waals surface area contributed by atoms with E-state index >= 15 is 0 Å². The van der Waals surface area contributed by atoms with Crippen LogP contribution >= 0.6 is 0 Å². The molecule has 0 spiro atoms. The van der Waals surface area contributed by atoms with Crippen LogP contribution in [0.2, 0.25) is 0 Å². The monoisotopic (exact) mass is 455 g/mol. The summed E-state index contributed by atoms with van der Waals surface area (Å²) in [5.41, 5.74) is 5.98. The second-order valence-electron chi connectivity index (χ2n) is 8.12. The molecule has 2 aromatic carbocycles. The van der Waals surface area contributed by atoms with Crippen LogP contribution in [0.4, 0.5) is 0 Å². The van der Waals surface area contributed by atoms with Crippen LogP contribution in [0, 0.1) is 32.1 Å². The van der Waals surface area contributed by atoms with Crippen molar-refractivity contribution in [3.8, 4) is 11.8 Å². The number of benzene rings is 2. The molecule has 0 aliphatic heterocycles. The molecule has 3 rings (SSSR count). The van der Waals surface area contributed by atoms with E-state index in [2.05, 4.69) is 17.4 Å². The Kier molecular flexibility index (Phi) is 8.05. The van der Waals surface area contributed by atoms with Crippen LogP contribution in [0.3, 0.4) is 0 Å². The highest BCUT2D eigenvalue weighted by atomic mass is 16.5. The highest BCUT2D eigenvalue weighted by Crippen LogP contribution is 2.26. The SMILES string of the molecule is COC(=O)c1cccc(-n2c(C)cc(/C=C(/C#N)C(=O)NCCCc3ccccc3)c2C)c1C. The fourth-order valence-corrected chi connectivity index (χ4v) is 4.04. The molecule has 34 heavy (non-hydrogen) atoms. The Morgan fingerprint density at radius 1 is 1.09 bits per heavy atom. The van der Waals surface area contributed by atoms with Gasteiger partial charge in [0.2, 0.25) is 0 Å². The summed E-state index contributed by atoms with van der Waals surface area (Å²) in [6.45, 7) is 6.24. The molecule has 6 heteroatoms. The van der Waals surface area contributed by atoms with Crippen LogP contribution in [0.1, 0.15) is 44.9 Å². The molecular weight excluding hydrogens is 426 g/mol. The average Bonchev–Trinajstić information content (AvgIpc) is 3.12. The van der Waals surface area contributed by atoms with E-state index in [9.17, 15) is 14.9 Å². The van der Waals surface area contributed by atoms with E-state index in [4.69, 9.17) is 4.74 Å². The van der Waals surface area contributed by atoms with Gasteiger partial charge in [-0.15, -0.1) is 0 Å². The minimum atomic E-state index is -0.391. The minimum absolute atomic E-state index is 0.0556. The standard InChI is InChI=1S/C28H29N3O3/c1-19-16-23(21(3)31(19)26-14-8-13-25(20(26)2)28(33)34-4)17-24(18-29)27(32)30-15-9-12-22-10-6-5-7-11-22/h5-8,10-11,13-14,16-17H,9,12,15H2,1-4H3,(H,30,32)/b24-17-. The van der Waals surface area contributed by atoms with Crippen molar-refractivity contribution >= 4 is 18.0 Å². The minimum Gasteiger partial charge on any atom is -0.465 e. The Labute approximate surface area is 200 Å². The first-order valence-electron chi connectivity index (χ1n) is 11.2. The fourth-order valence-electron chi connectivity index (χ4n) is 4.04. The Hall–Kier alpha value is -4.11. The number of ether oxygens (including phenoxy) is 1. The lowest BCUT2D eigenvalue weighted by atomic mass is 10.1. The van der Waals surface area contributed by atoms with Gasteiger partial charge in [0.25, 0.3) is 5.91 Å². The summed E-state index contributed by atoms with van der Waals surface area (Å²) in [6, 6.07) is 19.5. The Morgan fingerprint density at radius 2 is 1.82 bits per heavy atom. The molecule has 174 valence electrons. The van der Waals surface area contributed by atoms with Gasteiger partial charge in [-0.2, -0.15) is 5.26 Å². The summed E-state index contributed by atoms with van der Waals surface area (Å²) in [4.78, 5) is 24.7. The molecule has 0 aliphatic rings. The van der Waals surface area contributed by atoms with Crippen molar-refractivity contribution in [3.63, 3.8) is 0 Å². The van der Waals surface area contributed by atoms with Crippen molar-refractivity contribution in [2.75, 3.05) is 13.7 Å². The third-order valence-corrected chi connectivity index (χ3v) is 5.86. The van der Waals surface area contributed by atoms with E-state index in [0.29, 0.717) is 12.1 Å². The van der Waals surface area contributed by atoms with Crippen LogP contribution in [0.5, 0.6) is 0 Å². The van der Waals surface area contributed by atoms with Crippen LogP contribution in [-0.2, 0) is 16.0 Å². The lowest BCUT2D eigenvalue weighted by molar-refractivity contribution is -0.117. The van der Waals surface area contributed by atoms with E-state index in [-0.39, 0.29) is 11.5 Å². The lowest BCUT2D eigenvalue weighted by Crippen LogP contribution is -2.25. The zero-order chi connectivity index (χ0) is 24.7. The molecule has 1 N–H and O–H groups in total. The van der Waals surface area contributed by atoms with Gasteiger partial charge in [-0.3, -0.25) is 4.79 Å². The second kappa shape index (κ2) is 11.2. The molecule has 6 nitrogen and oxygen atoms in total. The van der Waals surface area contributed by atoms with E-state index in [0.717, 1.165) is 41.0 Å². The zero-order valence-corrected chi connectivity index (χ0v) is 20.0. The number of rotatable bonds is 8. The summed E-state index contributed by atoms with van der Waals surface area (Å²) in [6.07, 6.45) is 3.27. The molecule has 0 saturated carbocycles. The Bertz CT molecular complexity index is 1260. The van der Waals surface area contributed by atoms with Crippen molar-refractivity contribution < 1.29 is 14.3 Å². The number of aryl methyl sites for hydroxylation is 2. The smallest absolute Gasteiger partial charge is 0.338 e. The van der Waals surface area contributed by atoms with Gasteiger partial charge in [0.1, 0.15) is 11.6 Å². The highest BCUT2D eigenvalue weighted by Gasteiger charge is 2.17. The molecule has 3 aromatic rings. The van der Waals surface area contributed by atoms with Gasteiger partial charge in [0, 0.05) is 23.6 Å². The van der Waals surface area contributed by atoms with Crippen molar-refractivity contribution in [1.82, 2.24) is 9.88 Å². The van der Waals surface area contributed by atoms with E-state index in [1.807, 2.05) is 67.8 Å². The first-order chi connectivity index (χ1) is 16.4. The number of esters is 1. The van der Waals surface area contributed by atoms with Gasteiger partial charge in [-0.1, -0.05) is 36.4 Å². The van der Waals surface area contributed by atoms with Gasteiger partial charge in [-0.25, -0.2) is 4.79 Å². The number of amides is 1. The summed E-state index contributed by atoms with van der Waals surface area (Å²) < 4.78 is 6.91. The number of nitriles is 1. The van der Waals surface area contributed by atoms with Crippen LogP contribution < -0.4 is 5.32 Å². The average molecular weight is 456 g/mol. The maximum Gasteiger partial charge on any atom is 0.338 e. The molecule has 1 aromatic heterocycles. The maximum atomic E-state index is 12.6. The maximum absolute atomic E-state index is 12.6. The largest absolute Gasteiger partial charge is 0.465 e. The number of nitrogens with zero attached hydrogens (tertiary/aromatic N) is 2. The molecule has 0 bridgehead atoms. The molecular formula is C28H29N3O3. The van der Waals surface area contributed by atoms with Crippen molar-refractivity contribution in [1.29, 1.82) is 5.26 Å². The number of aromatic nitrogens is 1. The van der Waals surface area contributed by atoms with Crippen LogP contribution in [-0.4, -0.2) is 30.1 Å². The third-order valence-electron chi connectivity index (χ3n) is 5.86. The predicted octanol–water partition coefficient (Wildman–Crippen LogP) is 4.85. The Balaban J connectivity index is 1.79. The Morgan fingerprint density at radius 3 is 2.50 bits per heavy atom. The van der Waals surface area contributed by atoms with Gasteiger partial charge in [0.15, 0.2) is 0 Å². The molecule has 1 heterocycles. The fraction of sp³-hybridized carbons (Fsp3) is 0.250. The van der Waals surface area contributed by atoms with Gasteiger partial charge >= 0.3 is 5.97 Å². The second-order valence-corrected chi connectivity index (χ2v) is 8.12. The van der Waals surface area contributed by atoms with Crippen LogP contribution in [0.15, 0.2) is 60.2 Å². The molecule has 0 saturated heterocycles. The summed E-state index contributed by atoms with van der Waals surface area (Å²) >= 11 is 0. The van der Waals surface area contributed by atoms with Crippen molar-refractivity contribution in [2.45, 2.75) is 33.6 Å². The summed E-state index contributed by atoms with van der Waals surface area (Å²) in [7, 11) is 1.36. The topological polar surface area (TPSA) is 84.1 Å². The number of nitrogens with one attached hydrogen (secondary N) is 1. The molecule has 0 aliphatic carbocycles. The van der Waals surface area contributed by atoms with Gasteiger partial charge < -0.3 is 14.6 Å². The van der Waals surface area contributed by atoms with Crippen molar-refractivity contribution in [2.24, 2.45) is 0 Å². The van der Waals surface area contributed by atoms with Gasteiger partial charge in [0.05, 0.1) is 12.7 Å². The molecule has 0 atom stereocenters. The number of methoxy groups -OCH3 is 1. The first kappa shape index (κ1) is 24.5. The first-order valence-corrected chi connectivity index (χ1v) is 11.2. The van der Waals surface area contributed by atoms with Gasteiger partial charge in [-0.05, 0) is 74.6 Å². The lowest BCUT2D eigenvalue weighted by Gasteiger charge is -2.15. The van der Waals surface area contributed by atoms with E-state index in [1.165, 1.54) is 12.7 Å².